The Bertz CT molecular complexity index is 411. The first-order chi connectivity index (χ1) is 7.05. The molecule has 1 aromatic rings. The van der Waals surface area contributed by atoms with Crippen LogP contribution in [0.3, 0.4) is 0 Å². The molecule has 0 fully saturated rings. The molecule has 1 atom stereocenters. The van der Waals surface area contributed by atoms with Crippen LogP contribution in [0.25, 0.3) is 0 Å². The van der Waals surface area contributed by atoms with Crippen LogP contribution in [-0.4, -0.2) is 23.8 Å². The fourth-order valence-corrected chi connectivity index (χ4v) is 2.12. The largest absolute Gasteiger partial charge is 0.467 e. The van der Waals surface area contributed by atoms with E-state index in [0.29, 0.717) is 12.8 Å². The van der Waals surface area contributed by atoms with E-state index < -0.39 is 11.6 Å². The molecule has 1 aromatic carbocycles. The topological polar surface area (TPSA) is 46.5 Å². The van der Waals surface area contributed by atoms with E-state index in [2.05, 4.69) is 4.74 Å². The predicted octanol–water partition coefficient (Wildman–Crippen LogP) is 0.998. The normalized spacial score (nSPS) is 23.7. The van der Waals surface area contributed by atoms with Crippen molar-refractivity contribution in [3.63, 3.8) is 0 Å². The molecule has 3 heteroatoms. The summed E-state index contributed by atoms with van der Waals surface area (Å²) in [6.45, 7) is 2.00. The Morgan fingerprint density at radius 1 is 1.40 bits per heavy atom. The Hall–Kier alpha value is -1.35. The molecule has 0 bridgehead atoms. The molecule has 0 saturated heterocycles. The smallest absolute Gasteiger partial charge is 0.338 e. The standard InChI is InChI=1S/C12H14O3/c1-8-3-4-9-6-12(14,11(13)15-2)7-10(9)5-8/h3-5,14H,6-7H2,1-2H3/t12-/m1/s1. The van der Waals surface area contributed by atoms with Gasteiger partial charge in [0, 0.05) is 12.8 Å². The number of hydrogen-bond acceptors (Lipinski definition) is 3. The van der Waals surface area contributed by atoms with E-state index in [1.165, 1.54) is 7.11 Å². The number of hydrogen-bond donors (Lipinski definition) is 1. The van der Waals surface area contributed by atoms with Gasteiger partial charge in [-0.3, -0.25) is 0 Å². The zero-order valence-corrected chi connectivity index (χ0v) is 8.91. The Kier molecular flexibility index (Phi) is 2.27. The Balaban J connectivity index is 2.32. The SMILES string of the molecule is COC(=O)[C@@]1(O)Cc2ccc(C)cc2C1. The number of fused-ring (bicyclic) bond motifs is 1. The number of carbonyl (C=O) groups is 1. The molecule has 2 rings (SSSR count). The second-order valence-corrected chi connectivity index (χ2v) is 4.15. The molecule has 0 saturated carbocycles. The number of esters is 1. The number of aliphatic hydroxyl groups is 1. The van der Waals surface area contributed by atoms with Gasteiger partial charge >= 0.3 is 5.97 Å². The van der Waals surface area contributed by atoms with Crippen molar-refractivity contribution in [3.8, 4) is 0 Å². The van der Waals surface area contributed by atoms with Gasteiger partial charge in [0.1, 0.15) is 0 Å². The maximum Gasteiger partial charge on any atom is 0.338 e. The fraction of sp³-hybridized carbons (Fsp3) is 0.417. The van der Waals surface area contributed by atoms with Crippen LogP contribution in [0, 0.1) is 6.92 Å². The highest BCUT2D eigenvalue weighted by atomic mass is 16.5. The van der Waals surface area contributed by atoms with Crippen LogP contribution >= 0.6 is 0 Å². The van der Waals surface area contributed by atoms with Gasteiger partial charge in [-0.25, -0.2) is 4.79 Å². The first-order valence-electron chi connectivity index (χ1n) is 4.94. The molecular formula is C12H14O3. The zero-order chi connectivity index (χ0) is 11.1. The van der Waals surface area contributed by atoms with E-state index in [1.54, 1.807) is 0 Å². The van der Waals surface area contributed by atoms with Crippen molar-refractivity contribution in [2.75, 3.05) is 7.11 Å². The predicted molar refractivity (Wildman–Crippen MR) is 55.6 cm³/mol. The van der Waals surface area contributed by atoms with E-state index in [4.69, 9.17) is 0 Å². The number of aryl methyl sites for hydroxylation is 1. The third-order valence-electron chi connectivity index (χ3n) is 2.89. The second-order valence-electron chi connectivity index (χ2n) is 4.15. The lowest BCUT2D eigenvalue weighted by Gasteiger charge is -2.18. The molecule has 15 heavy (non-hydrogen) atoms. The highest BCUT2D eigenvalue weighted by Crippen LogP contribution is 2.31. The van der Waals surface area contributed by atoms with Gasteiger partial charge < -0.3 is 9.84 Å². The zero-order valence-electron chi connectivity index (χ0n) is 8.91. The third kappa shape index (κ3) is 1.63. The fourth-order valence-electron chi connectivity index (χ4n) is 2.12. The highest BCUT2D eigenvalue weighted by Gasteiger charge is 2.42. The molecule has 3 nitrogen and oxygen atoms in total. The summed E-state index contributed by atoms with van der Waals surface area (Å²) in [4.78, 5) is 11.4. The Morgan fingerprint density at radius 2 is 2.07 bits per heavy atom. The van der Waals surface area contributed by atoms with Crippen molar-refractivity contribution in [3.05, 3.63) is 34.9 Å². The number of ether oxygens (including phenoxy) is 1. The average Bonchev–Trinajstić information content (AvgIpc) is 2.53. The maximum absolute atomic E-state index is 11.4. The van der Waals surface area contributed by atoms with Gasteiger partial charge in [-0.2, -0.15) is 0 Å². The first-order valence-corrected chi connectivity index (χ1v) is 4.94. The number of methoxy groups -OCH3 is 1. The van der Waals surface area contributed by atoms with E-state index in [9.17, 15) is 9.90 Å². The van der Waals surface area contributed by atoms with Crippen molar-refractivity contribution < 1.29 is 14.6 Å². The molecule has 0 unspecified atom stereocenters. The minimum Gasteiger partial charge on any atom is -0.467 e. The second kappa shape index (κ2) is 3.35. The van der Waals surface area contributed by atoms with Crippen molar-refractivity contribution in [2.24, 2.45) is 0 Å². The van der Waals surface area contributed by atoms with Gasteiger partial charge in [0.15, 0.2) is 5.60 Å². The van der Waals surface area contributed by atoms with E-state index in [0.717, 1.165) is 16.7 Å². The van der Waals surface area contributed by atoms with Gasteiger partial charge in [-0.1, -0.05) is 23.8 Å². The summed E-state index contributed by atoms with van der Waals surface area (Å²) in [5.41, 5.74) is 1.87. The van der Waals surface area contributed by atoms with E-state index in [-0.39, 0.29) is 0 Å². The lowest BCUT2D eigenvalue weighted by Crippen LogP contribution is -2.40. The van der Waals surface area contributed by atoms with E-state index in [1.807, 2.05) is 25.1 Å². The van der Waals surface area contributed by atoms with Gasteiger partial charge in [-0.05, 0) is 18.1 Å². The highest BCUT2D eigenvalue weighted by molar-refractivity contribution is 5.81. The first kappa shape index (κ1) is 10.2. The van der Waals surface area contributed by atoms with Crippen molar-refractivity contribution in [1.82, 2.24) is 0 Å². The lowest BCUT2D eigenvalue weighted by atomic mass is 10.0. The molecule has 80 valence electrons. The summed E-state index contributed by atoms with van der Waals surface area (Å²) in [6.07, 6.45) is 0.714. The van der Waals surface area contributed by atoms with Crippen LogP contribution in [0.1, 0.15) is 16.7 Å². The summed E-state index contributed by atoms with van der Waals surface area (Å²) >= 11 is 0. The van der Waals surface area contributed by atoms with Gasteiger partial charge in [0.2, 0.25) is 0 Å². The summed E-state index contributed by atoms with van der Waals surface area (Å²) in [5.74, 6) is -0.545. The Labute approximate surface area is 88.7 Å². The molecule has 1 N–H and O–H groups in total. The molecule has 0 spiro atoms. The molecule has 1 aliphatic rings. The minimum absolute atomic E-state index is 0.356. The number of carbonyl (C=O) groups excluding carboxylic acids is 1. The summed E-state index contributed by atoms with van der Waals surface area (Å²) in [7, 11) is 1.30. The van der Waals surface area contributed by atoms with E-state index >= 15 is 0 Å². The molecule has 0 radical (unpaired) electrons. The lowest BCUT2D eigenvalue weighted by molar-refractivity contribution is -0.161. The number of rotatable bonds is 1. The number of benzene rings is 1. The summed E-state index contributed by atoms with van der Waals surface area (Å²) < 4.78 is 4.61. The van der Waals surface area contributed by atoms with Crippen LogP contribution in [0.2, 0.25) is 0 Å². The molecule has 1 aliphatic carbocycles. The van der Waals surface area contributed by atoms with Gasteiger partial charge in [0.25, 0.3) is 0 Å². The summed E-state index contributed by atoms with van der Waals surface area (Å²) in [6, 6.07) is 5.96. The molecule has 0 heterocycles. The molecule has 0 amide bonds. The van der Waals surface area contributed by atoms with Crippen molar-refractivity contribution in [2.45, 2.75) is 25.4 Å². The maximum atomic E-state index is 11.4. The monoisotopic (exact) mass is 206 g/mol. The van der Waals surface area contributed by atoms with Gasteiger partial charge in [0.05, 0.1) is 7.11 Å². The van der Waals surface area contributed by atoms with Crippen molar-refractivity contribution >= 4 is 5.97 Å². The average molecular weight is 206 g/mol. The van der Waals surface area contributed by atoms with Crippen LogP contribution in [0.4, 0.5) is 0 Å². The Morgan fingerprint density at radius 3 is 2.73 bits per heavy atom. The summed E-state index contributed by atoms with van der Waals surface area (Å²) in [5, 5.41) is 10.1. The molecule has 0 aromatic heterocycles. The van der Waals surface area contributed by atoms with Crippen molar-refractivity contribution in [1.29, 1.82) is 0 Å². The molecular weight excluding hydrogens is 192 g/mol. The van der Waals surface area contributed by atoms with Crippen LogP contribution in [0.15, 0.2) is 18.2 Å². The quantitative estimate of drug-likeness (QED) is 0.697. The third-order valence-corrected chi connectivity index (χ3v) is 2.89. The van der Waals surface area contributed by atoms with Crippen LogP contribution < -0.4 is 0 Å². The van der Waals surface area contributed by atoms with Crippen LogP contribution in [-0.2, 0) is 22.4 Å². The minimum atomic E-state index is -1.36. The molecule has 0 aliphatic heterocycles. The van der Waals surface area contributed by atoms with Gasteiger partial charge in [-0.15, -0.1) is 0 Å². The van der Waals surface area contributed by atoms with Crippen LogP contribution in [0.5, 0.6) is 0 Å².